The van der Waals surface area contributed by atoms with Crippen LogP contribution in [0.5, 0.6) is 0 Å². The standard InChI is InChI=1S/C10H18N2O5/c1-5-8(7-16-3)12(10(14)15)6-9(13)11(2)17-4/h5,8H,1,6-7H2,2-4H3,(H,14,15)/t8-/m0/s1. The quantitative estimate of drug-likeness (QED) is 0.512. The Kier molecular flexibility index (Phi) is 6.92. The number of carbonyl (C=O) groups excluding carboxylic acids is 1. The summed E-state index contributed by atoms with van der Waals surface area (Å²) in [6, 6.07) is -0.577. The number of hydrogen-bond donors (Lipinski definition) is 1. The maximum atomic E-state index is 11.5. The van der Waals surface area contributed by atoms with E-state index in [1.807, 2.05) is 0 Å². The smallest absolute Gasteiger partial charge is 0.408 e. The first kappa shape index (κ1) is 15.4. The highest BCUT2D eigenvalue weighted by atomic mass is 16.7. The molecule has 1 N–H and O–H groups in total. The lowest BCUT2D eigenvalue weighted by atomic mass is 10.2. The van der Waals surface area contributed by atoms with Crippen molar-refractivity contribution in [2.45, 2.75) is 6.04 Å². The molecule has 7 heteroatoms. The molecular formula is C10H18N2O5. The van der Waals surface area contributed by atoms with Gasteiger partial charge in [-0.2, -0.15) is 0 Å². The molecule has 2 amide bonds. The Hall–Kier alpha value is -1.60. The van der Waals surface area contributed by atoms with Gasteiger partial charge in [0.1, 0.15) is 6.54 Å². The number of amides is 2. The van der Waals surface area contributed by atoms with Crippen LogP contribution in [0.3, 0.4) is 0 Å². The number of hydroxylamine groups is 2. The second kappa shape index (κ2) is 7.64. The van der Waals surface area contributed by atoms with Crippen LogP contribution in [0.1, 0.15) is 0 Å². The molecule has 0 aliphatic carbocycles. The van der Waals surface area contributed by atoms with E-state index in [0.717, 1.165) is 9.96 Å². The molecule has 17 heavy (non-hydrogen) atoms. The van der Waals surface area contributed by atoms with Gasteiger partial charge in [0.25, 0.3) is 5.91 Å². The molecule has 0 rings (SSSR count). The lowest BCUT2D eigenvalue weighted by molar-refractivity contribution is -0.169. The minimum atomic E-state index is -1.22. The highest BCUT2D eigenvalue weighted by molar-refractivity contribution is 5.81. The Bertz CT molecular complexity index is 282. The highest BCUT2D eigenvalue weighted by Crippen LogP contribution is 2.03. The number of methoxy groups -OCH3 is 1. The van der Waals surface area contributed by atoms with E-state index in [-0.39, 0.29) is 13.2 Å². The van der Waals surface area contributed by atoms with Crippen molar-refractivity contribution in [1.29, 1.82) is 0 Å². The molecule has 0 unspecified atom stereocenters. The number of carbonyl (C=O) groups is 2. The van der Waals surface area contributed by atoms with Crippen molar-refractivity contribution in [1.82, 2.24) is 9.96 Å². The van der Waals surface area contributed by atoms with Crippen molar-refractivity contribution < 1.29 is 24.3 Å². The second-order valence-electron chi connectivity index (χ2n) is 3.24. The van der Waals surface area contributed by atoms with E-state index < -0.39 is 18.0 Å². The van der Waals surface area contributed by atoms with Crippen LogP contribution in [-0.2, 0) is 14.4 Å². The van der Waals surface area contributed by atoms with E-state index in [1.165, 1.54) is 27.3 Å². The molecule has 7 nitrogen and oxygen atoms in total. The summed E-state index contributed by atoms with van der Waals surface area (Å²) in [6.45, 7) is 3.33. The lowest BCUT2D eigenvalue weighted by Crippen LogP contribution is -2.46. The average Bonchev–Trinajstić information content (AvgIpc) is 2.31. The fraction of sp³-hybridized carbons (Fsp3) is 0.600. The van der Waals surface area contributed by atoms with Crippen LogP contribution < -0.4 is 0 Å². The van der Waals surface area contributed by atoms with E-state index >= 15 is 0 Å². The van der Waals surface area contributed by atoms with Crippen LogP contribution >= 0.6 is 0 Å². The number of ether oxygens (including phenoxy) is 1. The van der Waals surface area contributed by atoms with Gasteiger partial charge in [-0.15, -0.1) is 6.58 Å². The molecule has 1 atom stereocenters. The minimum Gasteiger partial charge on any atom is -0.465 e. The van der Waals surface area contributed by atoms with Gasteiger partial charge in [-0.25, -0.2) is 9.86 Å². The number of hydrogen-bond acceptors (Lipinski definition) is 4. The largest absolute Gasteiger partial charge is 0.465 e. The minimum absolute atomic E-state index is 0.139. The Morgan fingerprint density at radius 3 is 2.41 bits per heavy atom. The molecule has 0 saturated carbocycles. The maximum absolute atomic E-state index is 11.5. The molecule has 0 aromatic carbocycles. The van der Waals surface area contributed by atoms with Gasteiger partial charge in [-0.3, -0.25) is 14.5 Å². The first-order valence-electron chi connectivity index (χ1n) is 4.89. The van der Waals surface area contributed by atoms with Crippen LogP contribution in [0.2, 0.25) is 0 Å². The molecule has 0 saturated heterocycles. The number of carboxylic acid groups (broad SMARTS) is 1. The van der Waals surface area contributed by atoms with Crippen LogP contribution in [0.25, 0.3) is 0 Å². The third kappa shape index (κ3) is 4.83. The van der Waals surface area contributed by atoms with Crippen molar-refractivity contribution >= 4 is 12.0 Å². The Morgan fingerprint density at radius 2 is 2.06 bits per heavy atom. The fourth-order valence-corrected chi connectivity index (χ4v) is 1.13. The summed E-state index contributed by atoms with van der Waals surface area (Å²) in [7, 11) is 4.17. The molecule has 0 heterocycles. The zero-order valence-electron chi connectivity index (χ0n) is 10.3. The van der Waals surface area contributed by atoms with E-state index in [2.05, 4.69) is 11.4 Å². The Balaban J connectivity index is 4.68. The van der Waals surface area contributed by atoms with Crippen LogP contribution in [-0.4, -0.2) is 67.5 Å². The summed E-state index contributed by atoms with van der Waals surface area (Å²) < 4.78 is 4.86. The van der Waals surface area contributed by atoms with Gasteiger partial charge in [0.15, 0.2) is 0 Å². The predicted molar refractivity (Wildman–Crippen MR) is 60.4 cm³/mol. The monoisotopic (exact) mass is 246 g/mol. The lowest BCUT2D eigenvalue weighted by Gasteiger charge is -2.27. The Labute approximate surface area is 100 Å². The average molecular weight is 246 g/mol. The first-order chi connectivity index (χ1) is 7.97. The topological polar surface area (TPSA) is 79.3 Å². The summed E-state index contributed by atoms with van der Waals surface area (Å²) in [5.41, 5.74) is 0. The van der Waals surface area contributed by atoms with E-state index in [9.17, 15) is 9.59 Å². The van der Waals surface area contributed by atoms with Gasteiger partial charge < -0.3 is 9.84 Å². The summed E-state index contributed by atoms with van der Waals surface area (Å²) in [4.78, 5) is 28.2. The normalized spacial score (nSPS) is 11.7. The van der Waals surface area contributed by atoms with Crippen LogP contribution in [0.4, 0.5) is 4.79 Å². The SMILES string of the molecule is C=C[C@@H](COC)N(CC(=O)N(C)OC)C(=O)O. The number of rotatable bonds is 7. The molecule has 0 aliphatic heterocycles. The van der Waals surface area contributed by atoms with Gasteiger partial charge in [-0.1, -0.05) is 6.08 Å². The number of nitrogens with zero attached hydrogens (tertiary/aromatic N) is 2. The van der Waals surface area contributed by atoms with Crippen LogP contribution in [0.15, 0.2) is 12.7 Å². The molecule has 0 fully saturated rings. The summed E-state index contributed by atoms with van der Waals surface area (Å²) in [5, 5.41) is 9.98. The highest BCUT2D eigenvalue weighted by Gasteiger charge is 2.24. The molecule has 0 aliphatic rings. The number of likely N-dealkylation sites (N-methyl/N-ethyl adjacent to an activating group) is 1. The molecule has 0 radical (unpaired) electrons. The summed E-state index contributed by atoms with van der Waals surface area (Å²) >= 11 is 0. The van der Waals surface area contributed by atoms with Gasteiger partial charge in [0, 0.05) is 14.2 Å². The van der Waals surface area contributed by atoms with E-state index in [4.69, 9.17) is 9.84 Å². The van der Waals surface area contributed by atoms with Gasteiger partial charge >= 0.3 is 6.09 Å². The molecule has 0 aromatic heterocycles. The van der Waals surface area contributed by atoms with Crippen molar-refractivity contribution in [2.24, 2.45) is 0 Å². The molecule has 0 bridgehead atoms. The van der Waals surface area contributed by atoms with E-state index in [0.29, 0.717) is 0 Å². The molecule has 0 aromatic rings. The summed E-state index contributed by atoms with van der Waals surface area (Å²) in [5.74, 6) is -0.474. The first-order valence-corrected chi connectivity index (χ1v) is 4.89. The zero-order chi connectivity index (χ0) is 13.4. The molecule has 98 valence electrons. The van der Waals surface area contributed by atoms with Crippen LogP contribution in [0, 0.1) is 0 Å². The van der Waals surface area contributed by atoms with Crippen molar-refractivity contribution in [3.63, 3.8) is 0 Å². The second-order valence-corrected chi connectivity index (χ2v) is 3.24. The zero-order valence-corrected chi connectivity index (χ0v) is 10.3. The van der Waals surface area contributed by atoms with Gasteiger partial charge in [-0.05, 0) is 0 Å². The molecular weight excluding hydrogens is 228 g/mol. The van der Waals surface area contributed by atoms with Gasteiger partial charge in [0.05, 0.1) is 19.8 Å². The van der Waals surface area contributed by atoms with Crippen molar-refractivity contribution in [3.8, 4) is 0 Å². The van der Waals surface area contributed by atoms with Crippen molar-refractivity contribution in [3.05, 3.63) is 12.7 Å². The van der Waals surface area contributed by atoms with E-state index in [1.54, 1.807) is 0 Å². The maximum Gasteiger partial charge on any atom is 0.408 e. The Morgan fingerprint density at radius 1 is 1.47 bits per heavy atom. The third-order valence-corrected chi connectivity index (χ3v) is 2.19. The summed E-state index contributed by atoms with van der Waals surface area (Å²) in [6.07, 6.45) is 0.197. The third-order valence-electron chi connectivity index (χ3n) is 2.19. The predicted octanol–water partition coefficient (Wildman–Crippen LogP) is 0.187. The fourth-order valence-electron chi connectivity index (χ4n) is 1.13. The van der Waals surface area contributed by atoms with Crippen molar-refractivity contribution in [2.75, 3.05) is 34.4 Å². The van der Waals surface area contributed by atoms with Gasteiger partial charge in [0.2, 0.25) is 0 Å². The molecule has 0 spiro atoms.